The van der Waals surface area contributed by atoms with Crippen LogP contribution in [0.15, 0.2) is 40.9 Å². The molecule has 0 aliphatic carbocycles. The molecule has 0 atom stereocenters. The minimum atomic E-state index is 0.183. The van der Waals surface area contributed by atoms with E-state index in [0.717, 1.165) is 43.5 Å². The maximum atomic E-state index is 12.8. The van der Waals surface area contributed by atoms with Crippen LogP contribution in [0.1, 0.15) is 25.4 Å². The van der Waals surface area contributed by atoms with Crippen molar-refractivity contribution in [3.05, 3.63) is 48.0 Å². The van der Waals surface area contributed by atoms with Crippen molar-refractivity contribution < 1.29 is 9.21 Å². The van der Waals surface area contributed by atoms with Gasteiger partial charge in [0.05, 0.1) is 13.1 Å². The Balaban J connectivity index is 1.53. The molecule has 6 nitrogen and oxygen atoms in total. The largest absolute Gasteiger partial charge is 0.465 e. The normalized spacial score (nSPS) is 15.1. The zero-order valence-electron chi connectivity index (χ0n) is 15.9. The quantitative estimate of drug-likeness (QED) is 0.796. The summed E-state index contributed by atoms with van der Waals surface area (Å²) in [6, 6.07) is 10.2. The lowest BCUT2D eigenvalue weighted by Crippen LogP contribution is -2.52. The van der Waals surface area contributed by atoms with Crippen molar-refractivity contribution in [3.8, 4) is 0 Å². The minimum Gasteiger partial charge on any atom is -0.465 e. The number of rotatable bonds is 6. The third-order valence-corrected chi connectivity index (χ3v) is 4.83. The van der Waals surface area contributed by atoms with Crippen molar-refractivity contribution in [1.82, 2.24) is 14.8 Å². The number of pyridine rings is 1. The van der Waals surface area contributed by atoms with Crippen molar-refractivity contribution in [1.29, 1.82) is 0 Å². The number of carbonyl (C=O) groups excluding carboxylic acids is 1. The first-order valence-electron chi connectivity index (χ1n) is 9.26. The van der Waals surface area contributed by atoms with Gasteiger partial charge < -0.3 is 14.2 Å². The van der Waals surface area contributed by atoms with Gasteiger partial charge in [0.2, 0.25) is 5.91 Å². The first-order chi connectivity index (χ1) is 12.5. The van der Waals surface area contributed by atoms with Crippen molar-refractivity contribution >= 4 is 11.7 Å². The van der Waals surface area contributed by atoms with E-state index in [9.17, 15) is 4.79 Å². The molecule has 0 unspecified atom stereocenters. The second kappa shape index (κ2) is 8.36. The fourth-order valence-electron chi connectivity index (χ4n) is 3.19. The van der Waals surface area contributed by atoms with E-state index in [2.05, 4.69) is 28.6 Å². The molecule has 0 bridgehead atoms. The van der Waals surface area contributed by atoms with Crippen molar-refractivity contribution in [2.75, 3.05) is 37.6 Å². The zero-order valence-corrected chi connectivity index (χ0v) is 15.9. The molecule has 0 saturated carbocycles. The average Bonchev–Trinajstić information content (AvgIpc) is 3.07. The molecular formula is C20H28N4O2. The van der Waals surface area contributed by atoms with Crippen molar-refractivity contribution in [2.24, 2.45) is 0 Å². The Labute approximate surface area is 155 Å². The molecule has 2 aromatic rings. The van der Waals surface area contributed by atoms with Gasteiger partial charge in [-0.2, -0.15) is 0 Å². The molecule has 0 aromatic carbocycles. The number of hydrogen-bond donors (Lipinski definition) is 0. The molecule has 6 heteroatoms. The molecule has 0 spiro atoms. The van der Waals surface area contributed by atoms with Gasteiger partial charge in [0.15, 0.2) is 0 Å². The maximum Gasteiger partial charge on any atom is 0.236 e. The van der Waals surface area contributed by atoms with E-state index >= 15 is 0 Å². The van der Waals surface area contributed by atoms with Crippen LogP contribution in [0.4, 0.5) is 5.82 Å². The number of aromatic nitrogens is 1. The number of amides is 1. The van der Waals surface area contributed by atoms with Crippen LogP contribution in [0.2, 0.25) is 0 Å². The van der Waals surface area contributed by atoms with Gasteiger partial charge in [-0.3, -0.25) is 9.69 Å². The second-order valence-electron chi connectivity index (χ2n) is 7.07. The molecule has 1 aliphatic heterocycles. The molecule has 2 aromatic heterocycles. The number of nitrogens with zero attached hydrogens (tertiary/aromatic N) is 4. The summed E-state index contributed by atoms with van der Waals surface area (Å²) in [7, 11) is 0. The predicted octanol–water partition coefficient (Wildman–Crippen LogP) is 2.54. The number of anilines is 1. The summed E-state index contributed by atoms with van der Waals surface area (Å²) in [5, 5.41) is 0. The molecule has 3 heterocycles. The standard InChI is InChI=1S/C20H28N4O2/c1-16(2)24(14-18-8-7-17(3)26-18)15-20(25)23-12-10-22(11-13-23)19-6-4-5-9-21-19/h4-9,16H,10-15H2,1-3H3. The van der Waals surface area contributed by atoms with E-state index in [1.54, 1.807) is 0 Å². The molecule has 1 fully saturated rings. The summed E-state index contributed by atoms with van der Waals surface area (Å²) in [6.07, 6.45) is 1.81. The fourth-order valence-corrected chi connectivity index (χ4v) is 3.19. The van der Waals surface area contributed by atoms with Crippen LogP contribution in [-0.2, 0) is 11.3 Å². The maximum absolute atomic E-state index is 12.8. The first-order valence-corrected chi connectivity index (χ1v) is 9.26. The van der Waals surface area contributed by atoms with Gasteiger partial charge in [-0.15, -0.1) is 0 Å². The summed E-state index contributed by atoms with van der Waals surface area (Å²) in [4.78, 5) is 23.5. The monoisotopic (exact) mass is 356 g/mol. The van der Waals surface area contributed by atoms with E-state index in [1.165, 1.54) is 0 Å². The molecule has 1 saturated heterocycles. The number of furan rings is 1. The van der Waals surface area contributed by atoms with Gasteiger partial charge in [0.1, 0.15) is 17.3 Å². The third kappa shape index (κ3) is 4.64. The van der Waals surface area contributed by atoms with E-state index in [-0.39, 0.29) is 11.9 Å². The smallest absolute Gasteiger partial charge is 0.236 e. The molecule has 3 rings (SSSR count). The highest BCUT2D eigenvalue weighted by atomic mass is 16.3. The second-order valence-corrected chi connectivity index (χ2v) is 7.07. The van der Waals surface area contributed by atoms with E-state index in [4.69, 9.17) is 4.42 Å². The lowest BCUT2D eigenvalue weighted by atomic mass is 10.2. The van der Waals surface area contributed by atoms with Gasteiger partial charge in [0, 0.05) is 38.4 Å². The molecular weight excluding hydrogens is 328 g/mol. The lowest BCUT2D eigenvalue weighted by molar-refractivity contribution is -0.133. The Kier molecular flexibility index (Phi) is 5.93. The average molecular weight is 356 g/mol. The van der Waals surface area contributed by atoms with E-state index in [0.29, 0.717) is 13.1 Å². The van der Waals surface area contributed by atoms with E-state index < -0.39 is 0 Å². The third-order valence-electron chi connectivity index (χ3n) is 4.83. The molecule has 1 aliphatic rings. The molecule has 26 heavy (non-hydrogen) atoms. The van der Waals surface area contributed by atoms with Crippen molar-refractivity contribution in [2.45, 2.75) is 33.4 Å². The summed E-state index contributed by atoms with van der Waals surface area (Å²) < 4.78 is 5.67. The van der Waals surface area contributed by atoms with Gasteiger partial charge in [-0.05, 0) is 45.0 Å². The summed E-state index contributed by atoms with van der Waals surface area (Å²) in [5.74, 6) is 2.98. The fraction of sp³-hybridized carbons (Fsp3) is 0.500. The number of piperazine rings is 1. The Morgan fingerprint density at radius 2 is 1.96 bits per heavy atom. The Morgan fingerprint density at radius 1 is 1.19 bits per heavy atom. The Hall–Kier alpha value is -2.34. The van der Waals surface area contributed by atoms with Crippen LogP contribution in [0.5, 0.6) is 0 Å². The Morgan fingerprint density at radius 3 is 2.54 bits per heavy atom. The van der Waals surface area contributed by atoms with Crippen LogP contribution >= 0.6 is 0 Å². The van der Waals surface area contributed by atoms with Crippen molar-refractivity contribution in [3.63, 3.8) is 0 Å². The molecule has 140 valence electrons. The van der Waals surface area contributed by atoms with Gasteiger partial charge >= 0.3 is 0 Å². The van der Waals surface area contributed by atoms with Gasteiger partial charge in [0.25, 0.3) is 0 Å². The molecule has 0 N–H and O–H groups in total. The number of aryl methyl sites for hydroxylation is 1. The predicted molar refractivity (Wildman–Crippen MR) is 102 cm³/mol. The van der Waals surface area contributed by atoms with E-state index in [1.807, 2.05) is 48.4 Å². The minimum absolute atomic E-state index is 0.183. The topological polar surface area (TPSA) is 52.8 Å². The highest BCUT2D eigenvalue weighted by Gasteiger charge is 2.24. The molecule has 0 radical (unpaired) electrons. The van der Waals surface area contributed by atoms with Crippen LogP contribution in [0.25, 0.3) is 0 Å². The summed E-state index contributed by atoms with van der Waals surface area (Å²) in [5.41, 5.74) is 0. The summed E-state index contributed by atoms with van der Waals surface area (Å²) >= 11 is 0. The lowest BCUT2D eigenvalue weighted by Gasteiger charge is -2.36. The van der Waals surface area contributed by atoms with Crippen LogP contribution in [-0.4, -0.2) is 59.5 Å². The van der Waals surface area contributed by atoms with Gasteiger partial charge in [-0.1, -0.05) is 6.07 Å². The SMILES string of the molecule is Cc1ccc(CN(CC(=O)N2CCN(c3ccccn3)CC2)C(C)C)o1. The first kappa shape index (κ1) is 18.5. The highest BCUT2D eigenvalue weighted by molar-refractivity contribution is 5.78. The number of carbonyl (C=O) groups is 1. The van der Waals surface area contributed by atoms with Crippen LogP contribution < -0.4 is 4.90 Å². The molecule has 1 amide bonds. The Bertz CT molecular complexity index is 706. The van der Waals surface area contributed by atoms with Gasteiger partial charge in [-0.25, -0.2) is 4.98 Å². The highest BCUT2D eigenvalue weighted by Crippen LogP contribution is 2.15. The van der Waals surface area contributed by atoms with Crippen LogP contribution in [0.3, 0.4) is 0 Å². The number of hydrogen-bond acceptors (Lipinski definition) is 5. The summed E-state index contributed by atoms with van der Waals surface area (Å²) in [6.45, 7) is 10.4. The van der Waals surface area contributed by atoms with Crippen LogP contribution in [0, 0.1) is 6.92 Å². The zero-order chi connectivity index (χ0) is 18.5.